The lowest BCUT2D eigenvalue weighted by Crippen LogP contribution is -2.11. The summed E-state index contributed by atoms with van der Waals surface area (Å²) in [5, 5.41) is 3.10. The lowest BCUT2D eigenvalue weighted by atomic mass is 10.3. The molecule has 3 nitrogen and oxygen atoms in total. The highest BCUT2D eigenvalue weighted by Gasteiger charge is 2.02. The molecule has 0 saturated carbocycles. The van der Waals surface area contributed by atoms with E-state index in [4.69, 9.17) is 0 Å². The van der Waals surface area contributed by atoms with Crippen LogP contribution in [0.3, 0.4) is 0 Å². The van der Waals surface area contributed by atoms with E-state index in [0.29, 0.717) is 6.04 Å². The van der Waals surface area contributed by atoms with Gasteiger partial charge in [0.15, 0.2) is 0 Å². The monoisotopic (exact) mass is 225 g/mol. The number of rotatable bonds is 3. The fraction of sp³-hybridized carbons (Fsp3) is 0.625. The molecule has 1 N–H and O–H groups in total. The van der Waals surface area contributed by atoms with Crippen LogP contribution in [0, 0.1) is 0 Å². The lowest BCUT2D eigenvalue weighted by Gasteiger charge is -2.10. The van der Waals surface area contributed by atoms with E-state index in [-0.39, 0.29) is 24.8 Å². The molecule has 0 aliphatic heterocycles. The number of aromatic nitrogens is 2. The third kappa shape index (κ3) is 3.98. The molecular weight excluding hydrogens is 209 g/mol. The second-order valence-corrected chi connectivity index (χ2v) is 2.92. The summed E-state index contributed by atoms with van der Waals surface area (Å²) in [6.45, 7) is 5.19. The summed E-state index contributed by atoms with van der Waals surface area (Å²) < 4.78 is 2.16. The number of nitrogens with one attached hydrogen (secondary N) is 1. The Kier molecular flexibility index (Phi) is 8.42. The number of hydrogen-bond acceptors (Lipinski definition) is 2. The van der Waals surface area contributed by atoms with Gasteiger partial charge in [0.1, 0.15) is 0 Å². The molecular formula is C8H17Cl2N3. The van der Waals surface area contributed by atoms with Crippen molar-refractivity contribution in [2.75, 3.05) is 7.05 Å². The Morgan fingerprint density at radius 2 is 2.08 bits per heavy atom. The van der Waals surface area contributed by atoms with Gasteiger partial charge in [-0.15, -0.1) is 24.8 Å². The normalized spacial score (nSPS) is 9.23. The lowest BCUT2D eigenvalue weighted by molar-refractivity contribution is 0.563. The van der Waals surface area contributed by atoms with Crippen LogP contribution in [0.4, 0.5) is 0 Å². The number of halogens is 2. The minimum absolute atomic E-state index is 0. The van der Waals surface area contributed by atoms with Crippen LogP contribution in [0.2, 0.25) is 0 Å². The molecule has 78 valence electrons. The second kappa shape index (κ2) is 7.18. The summed E-state index contributed by atoms with van der Waals surface area (Å²) in [4.78, 5) is 4.08. The van der Waals surface area contributed by atoms with Crippen molar-refractivity contribution in [3.63, 3.8) is 0 Å². The minimum Gasteiger partial charge on any atom is -0.331 e. The topological polar surface area (TPSA) is 29.9 Å². The van der Waals surface area contributed by atoms with E-state index in [1.165, 1.54) is 5.69 Å². The van der Waals surface area contributed by atoms with Crippen molar-refractivity contribution in [2.24, 2.45) is 0 Å². The Hall–Kier alpha value is -0.250. The predicted octanol–water partition coefficient (Wildman–Crippen LogP) is 2.03. The van der Waals surface area contributed by atoms with Gasteiger partial charge in [0.25, 0.3) is 0 Å². The molecule has 0 spiro atoms. The first-order chi connectivity index (χ1) is 5.25. The summed E-state index contributed by atoms with van der Waals surface area (Å²) in [5.41, 5.74) is 1.24. The van der Waals surface area contributed by atoms with Crippen LogP contribution in [0.25, 0.3) is 0 Å². The first-order valence-electron chi connectivity index (χ1n) is 3.91. The molecule has 1 aromatic rings. The van der Waals surface area contributed by atoms with Crippen LogP contribution in [0.15, 0.2) is 12.5 Å². The summed E-state index contributed by atoms with van der Waals surface area (Å²) in [5.74, 6) is 0. The van der Waals surface area contributed by atoms with E-state index in [2.05, 4.69) is 28.7 Å². The van der Waals surface area contributed by atoms with Gasteiger partial charge < -0.3 is 9.88 Å². The average Bonchev–Trinajstić information content (AvgIpc) is 2.36. The van der Waals surface area contributed by atoms with Crippen molar-refractivity contribution >= 4 is 24.8 Å². The maximum atomic E-state index is 4.08. The number of hydrogen-bond donors (Lipinski definition) is 1. The van der Waals surface area contributed by atoms with Crippen LogP contribution in [0.1, 0.15) is 25.6 Å². The molecule has 1 aromatic heterocycles. The molecule has 5 heteroatoms. The van der Waals surface area contributed by atoms with Crippen LogP contribution >= 0.6 is 24.8 Å². The SMILES string of the molecule is CNCc1cncn1C(C)C.Cl.Cl. The highest BCUT2D eigenvalue weighted by atomic mass is 35.5. The van der Waals surface area contributed by atoms with Gasteiger partial charge >= 0.3 is 0 Å². The van der Waals surface area contributed by atoms with Gasteiger partial charge in [-0.25, -0.2) is 4.98 Å². The number of nitrogens with zero attached hydrogens (tertiary/aromatic N) is 2. The molecule has 0 unspecified atom stereocenters. The molecule has 0 radical (unpaired) electrons. The third-order valence-electron chi connectivity index (χ3n) is 1.66. The maximum absolute atomic E-state index is 4.08. The van der Waals surface area contributed by atoms with E-state index in [9.17, 15) is 0 Å². The smallest absolute Gasteiger partial charge is 0.0951 e. The fourth-order valence-corrected chi connectivity index (χ4v) is 1.12. The van der Waals surface area contributed by atoms with Gasteiger partial charge in [0, 0.05) is 18.8 Å². The number of imidazole rings is 1. The molecule has 0 atom stereocenters. The Morgan fingerprint density at radius 1 is 1.46 bits per heavy atom. The Balaban J connectivity index is 0. The summed E-state index contributed by atoms with van der Waals surface area (Å²) in [6, 6.07) is 0.501. The average molecular weight is 226 g/mol. The van der Waals surface area contributed by atoms with E-state index >= 15 is 0 Å². The first-order valence-corrected chi connectivity index (χ1v) is 3.91. The van der Waals surface area contributed by atoms with Crippen LogP contribution in [-0.4, -0.2) is 16.6 Å². The zero-order valence-corrected chi connectivity index (χ0v) is 9.78. The molecule has 1 heterocycles. The van der Waals surface area contributed by atoms with Gasteiger partial charge in [-0.1, -0.05) is 0 Å². The van der Waals surface area contributed by atoms with Gasteiger partial charge in [0.05, 0.1) is 12.0 Å². The molecule has 0 bridgehead atoms. The van der Waals surface area contributed by atoms with E-state index in [1.807, 2.05) is 19.6 Å². The molecule has 13 heavy (non-hydrogen) atoms. The Morgan fingerprint density at radius 3 is 2.54 bits per heavy atom. The van der Waals surface area contributed by atoms with Crippen molar-refractivity contribution in [1.82, 2.24) is 14.9 Å². The summed E-state index contributed by atoms with van der Waals surface area (Å²) in [6.07, 6.45) is 3.77. The zero-order chi connectivity index (χ0) is 8.27. The van der Waals surface area contributed by atoms with E-state index < -0.39 is 0 Å². The van der Waals surface area contributed by atoms with Gasteiger partial charge in [0.2, 0.25) is 0 Å². The van der Waals surface area contributed by atoms with Gasteiger partial charge in [-0.2, -0.15) is 0 Å². The second-order valence-electron chi connectivity index (χ2n) is 2.92. The van der Waals surface area contributed by atoms with Crippen molar-refractivity contribution in [2.45, 2.75) is 26.4 Å². The van der Waals surface area contributed by atoms with E-state index in [1.54, 1.807) is 0 Å². The molecule has 0 fully saturated rings. The van der Waals surface area contributed by atoms with E-state index in [0.717, 1.165) is 6.54 Å². The minimum atomic E-state index is 0. The molecule has 0 aliphatic rings. The zero-order valence-electron chi connectivity index (χ0n) is 8.15. The van der Waals surface area contributed by atoms with Gasteiger partial charge in [-0.3, -0.25) is 0 Å². The molecule has 0 amide bonds. The van der Waals surface area contributed by atoms with Crippen molar-refractivity contribution in [3.05, 3.63) is 18.2 Å². The quantitative estimate of drug-likeness (QED) is 0.854. The predicted molar refractivity (Wildman–Crippen MR) is 59.9 cm³/mol. The van der Waals surface area contributed by atoms with Crippen molar-refractivity contribution in [1.29, 1.82) is 0 Å². The van der Waals surface area contributed by atoms with Crippen molar-refractivity contribution in [3.8, 4) is 0 Å². The highest BCUT2D eigenvalue weighted by Crippen LogP contribution is 2.07. The standard InChI is InChI=1S/C8H15N3.2ClH/c1-7(2)11-6-10-5-8(11)4-9-3;;/h5-7,9H,4H2,1-3H3;2*1H. The summed E-state index contributed by atoms with van der Waals surface area (Å²) in [7, 11) is 1.94. The molecule has 1 rings (SSSR count). The Labute approximate surface area is 91.8 Å². The first kappa shape index (κ1) is 15.2. The molecule has 0 aromatic carbocycles. The largest absolute Gasteiger partial charge is 0.331 e. The maximum Gasteiger partial charge on any atom is 0.0951 e. The van der Waals surface area contributed by atoms with Crippen LogP contribution < -0.4 is 5.32 Å². The third-order valence-corrected chi connectivity index (χ3v) is 1.66. The van der Waals surface area contributed by atoms with Gasteiger partial charge in [-0.05, 0) is 20.9 Å². The highest BCUT2D eigenvalue weighted by molar-refractivity contribution is 5.85. The fourth-order valence-electron chi connectivity index (χ4n) is 1.12. The van der Waals surface area contributed by atoms with Crippen LogP contribution in [-0.2, 0) is 6.54 Å². The molecule has 0 aliphatic carbocycles. The summed E-state index contributed by atoms with van der Waals surface area (Å²) >= 11 is 0. The van der Waals surface area contributed by atoms with Crippen molar-refractivity contribution < 1.29 is 0 Å². The van der Waals surface area contributed by atoms with Crippen LogP contribution in [0.5, 0.6) is 0 Å². The Bertz CT molecular complexity index is 223. The molecule has 0 saturated heterocycles.